The van der Waals surface area contributed by atoms with Crippen LogP contribution in [0.15, 0.2) is 35.3 Å². The molecule has 0 aliphatic heterocycles. The van der Waals surface area contributed by atoms with Gasteiger partial charge in [-0.1, -0.05) is 17.7 Å². The molecule has 0 unspecified atom stereocenters. The van der Waals surface area contributed by atoms with Gasteiger partial charge >= 0.3 is 0 Å². The molecular formula is C15H14ClN3O4. The third-order valence-electron chi connectivity index (χ3n) is 3.29. The number of halogens is 1. The molecule has 1 aromatic carbocycles. The van der Waals surface area contributed by atoms with Crippen molar-refractivity contribution in [1.82, 2.24) is 4.57 Å². The standard InChI is InChI=1S/C15H14ClN3O4/c1-9-3-4-11(16)6-12(9)17-14(20)8-18-7-13(19(22)23)10(2)5-15(18)21/h3-7H,8H2,1-2H3,(H,17,20). The van der Waals surface area contributed by atoms with E-state index in [0.29, 0.717) is 10.7 Å². The third-order valence-corrected chi connectivity index (χ3v) is 3.52. The highest BCUT2D eigenvalue weighted by molar-refractivity contribution is 6.31. The summed E-state index contributed by atoms with van der Waals surface area (Å²) in [5, 5.41) is 14.0. The van der Waals surface area contributed by atoms with E-state index in [-0.39, 0.29) is 17.8 Å². The van der Waals surface area contributed by atoms with Crippen LogP contribution in [0.2, 0.25) is 5.02 Å². The second kappa shape index (κ2) is 6.62. The van der Waals surface area contributed by atoms with Crippen molar-refractivity contribution in [2.75, 3.05) is 5.32 Å². The minimum absolute atomic E-state index is 0.212. The summed E-state index contributed by atoms with van der Waals surface area (Å²) in [6.45, 7) is 2.94. The number of carbonyl (C=O) groups is 1. The highest BCUT2D eigenvalue weighted by Crippen LogP contribution is 2.20. The van der Waals surface area contributed by atoms with Gasteiger partial charge in [-0.2, -0.15) is 0 Å². The summed E-state index contributed by atoms with van der Waals surface area (Å²) < 4.78 is 1.00. The maximum atomic E-state index is 12.1. The van der Waals surface area contributed by atoms with Gasteiger partial charge in [-0.25, -0.2) is 0 Å². The maximum Gasteiger partial charge on any atom is 0.288 e. The SMILES string of the molecule is Cc1ccc(Cl)cc1NC(=O)Cn1cc([N+](=O)[O-])c(C)cc1=O. The molecule has 23 heavy (non-hydrogen) atoms. The number of pyridine rings is 1. The number of carbonyl (C=O) groups excluding carboxylic acids is 1. The lowest BCUT2D eigenvalue weighted by Gasteiger charge is -2.10. The lowest BCUT2D eigenvalue weighted by molar-refractivity contribution is -0.385. The number of benzene rings is 1. The Bertz CT molecular complexity index is 845. The molecule has 1 N–H and O–H groups in total. The number of nitrogens with zero attached hydrogens (tertiary/aromatic N) is 2. The van der Waals surface area contributed by atoms with Gasteiger partial charge in [0.15, 0.2) is 0 Å². The molecule has 0 bridgehead atoms. The molecular weight excluding hydrogens is 322 g/mol. The van der Waals surface area contributed by atoms with E-state index in [1.54, 1.807) is 25.1 Å². The second-order valence-corrected chi connectivity index (χ2v) is 5.51. The van der Waals surface area contributed by atoms with Gasteiger partial charge in [0.25, 0.3) is 11.2 Å². The Kier molecular flexibility index (Phi) is 4.80. The van der Waals surface area contributed by atoms with Crippen LogP contribution in [0.3, 0.4) is 0 Å². The molecule has 2 aromatic rings. The lowest BCUT2D eigenvalue weighted by atomic mass is 10.2. The molecule has 0 aliphatic carbocycles. The van der Waals surface area contributed by atoms with Gasteiger partial charge in [0, 0.05) is 22.3 Å². The van der Waals surface area contributed by atoms with Crippen LogP contribution >= 0.6 is 11.6 Å². The molecule has 0 atom stereocenters. The smallest absolute Gasteiger partial charge is 0.288 e. The number of nitro groups is 1. The maximum absolute atomic E-state index is 12.1. The van der Waals surface area contributed by atoms with Crippen LogP contribution in [0.25, 0.3) is 0 Å². The first-order chi connectivity index (χ1) is 10.8. The first-order valence-corrected chi connectivity index (χ1v) is 7.07. The molecule has 0 fully saturated rings. The minimum Gasteiger partial charge on any atom is -0.324 e. The zero-order valence-corrected chi connectivity index (χ0v) is 13.3. The summed E-state index contributed by atoms with van der Waals surface area (Å²) in [5.74, 6) is -0.476. The number of anilines is 1. The van der Waals surface area contributed by atoms with E-state index in [1.165, 1.54) is 6.92 Å². The Labute approximate surface area is 136 Å². The monoisotopic (exact) mass is 335 g/mol. The van der Waals surface area contributed by atoms with Crippen LogP contribution in [-0.2, 0) is 11.3 Å². The van der Waals surface area contributed by atoms with Crippen molar-refractivity contribution >= 4 is 28.9 Å². The molecule has 0 aliphatic rings. The van der Waals surface area contributed by atoms with E-state index in [1.807, 2.05) is 0 Å². The summed E-state index contributed by atoms with van der Waals surface area (Å²) >= 11 is 5.88. The molecule has 8 heteroatoms. The summed E-state index contributed by atoms with van der Waals surface area (Å²) in [5.41, 5.74) is 0.895. The Hall–Kier alpha value is -2.67. The summed E-state index contributed by atoms with van der Waals surface area (Å²) in [6, 6.07) is 6.17. The zero-order chi connectivity index (χ0) is 17.1. The summed E-state index contributed by atoms with van der Waals surface area (Å²) in [7, 11) is 0. The van der Waals surface area contributed by atoms with E-state index in [4.69, 9.17) is 11.6 Å². The van der Waals surface area contributed by atoms with Crippen molar-refractivity contribution in [1.29, 1.82) is 0 Å². The molecule has 2 rings (SSSR count). The van der Waals surface area contributed by atoms with Gasteiger partial charge in [0.2, 0.25) is 5.91 Å². The predicted molar refractivity (Wildman–Crippen MR) is 86.9 cm³/mol. The molecule has 7 nitrogen and oxygen atoms in total. The Morgan fingerprint density at radius 1 is 1.30 bits per heavy atom. The van der Waals surface area contributed by atoms with Gasteiger partial charge in [-0.05, 0) is 31.5 Å². The first-order valence-electron chi connectivity index (χ1n) is 6.69. The van der Waals surface area contributed by atoms with E-state index < -0.39 is 16.4 Å². The van der Waals surface area contributed by atoms with E-state index in [0.717, 1.165) is 22.4 Å². The molecule has 1 aromatic heterocycles. The van der Waals surface area contributed by atoms with Gasteiger partial charge in [0.1, 0.15) is 6.54 Å². The van der Waals surface area contributed by atoms with Gasteiger partial charge in [-0.15, -0.1) is 0 Å². The fourth-order valence-electron chi connectivity index (χ4n) is 2.04. The molecule has 0 saturated heterocycles. The lowest BCUT2D eigenvalue weighted by Crippen LogP contribution is -2.27. The topological polar surface area (TPSA) is 94.2 Å². The summed E-state index contributed by atoms with van der Waals surface area (Å²) in [6.07, 6.45) is 1.07. The Morgan fingerprint density at radius 2 is 2.00 bits per heavy atom. The van der Waals surface area contributed by atoms with Crippen LogP contribution in [0.4, 0.5) is 11.4 Å². The average molecular weight is 336 g/mol. The highest BCUT2D eigenvalue weighted by Gasteiger charge is 2.15. The Morgan fingerprint density at radius 3 is 2.65 bits per heavy atom. The number of aromatic nitrogens is 1. The molecule has 0 radical (unpaired) electrons. The molecule has 1 amide bonds. The predicted octanol–water partition coefficient (Wildman–Crippen LogP) is 2.67. The zero-order valence-electron chi connectivity index (χ0n) is 12.5. The van der Waals surface area contributed by atoms with Gasteiger partial charge in [0.05, 0.1) is 11.1 Å². The number of hydrogen-bond donors (Lipinski definition) is 1. The number of aryl methyl sites for hydroxylation is 2. The van der Waals surface area contributed by atoms with Crippen molar-refractivity contribution in [2.45, 2.75) is 20.4 Å². The van der Waals surface area contributed by atoms with Crippen molar-refractivity contribution in [3.8, 4) is 0 Å². The van der Waals surface area contributed by atoms with Crippen LogP contribution in [0.1, 0.15) is 11.1 Å². The van der Waals surface area contributed by atoms with E-state index >= 15 is 0 Å². The molecule has 0 spiro atoms. The van der Waals surface area contributed by atoms with Crippen LogP contribution in [-0.4, -0.2) is 15.4 Å². The van der Waals surface area contributed by atoms with Crippen LogP contribution < -0.4 is 10.9 Å². The van der Waals surface area contributed by atoms with E-state index in [9.17, 15) is 19.7 Å². The Balaban J connectivity index is 2.24. The number of rotatable bonds is 4. The number of nitrogens with one attached hydrogen (secondary N) is 1. The largest absolute Gasteiger partial charge is 0.324 e. The van der Waals surface area contributed by atoms with Crippen molar-refractivity contribution in [3.63, 3.8) is 0 Å². The third kappa shape index (κ3) is 3.95. The van der Waals surface area contributed by atoms with Crippen molar-refractivity contribution in [3.05, 3.63) is 67.1 Å². The second-order valence-electron chi connectivity index (χ2n) is 5.07. The van der Waals surface area contributed by atoms with Crippen molar-refractivity contribution < 1.29 is 9.72 Å². The van der Waals surface area contributed by atoms with Crippen LogP contribution in [0.5, 0.6) is 0 Å². The fraction of sp³-hybridized carbons (Fsp3) is 0.200. The number of amides is 1. The summed E-state index contributed by atoms with van der Waals surface area (Å²) in [4.78, 5) is 34.3. The first kappa shape index (κ1) is 16.7. The molecule has 1 heterocycles. The minimum atomic E-state index is -0.593. The van der Waals surface area contributed by atoms with Gasteiger partial charge in [-0.3, -0.25) is 24.3 Å². The molecule has 120 valence electrons. The van der Waals surface area contributed by atoms with Gasteiger partial charge < -0.3 is 5.32 Å². The highest BCUT2D eigenvalue weighted by atomic mass is 35.5. The normalized spacial score (nSPS) is 10.4. The van der Waals surface area contributed by atoms with E-state index in [2.05, 4.69) is 5.32 Å². The van der Waals surface area contributed by atoms with Crippen molar-refractivity contribution in [2.24, 2.45) is 0 Å². The quantitative estimate of drug-likeness (QED) is 0.686. The average Bonchev–Trinajstić information content (AvgIpc) is 2.45. The molecule has 0 saturated carbocycles. The fourth-order valence-corrected chi connectivity index (χ4v) is 2.22. The number of hydrogen-bond acceptors (Lipinski definition) is 4. The van der Waals surface area contributed by atoms with Crippen LogP contribution in [0, 0.1) is 24.0 Å².